The second kappa shape index (κ2) is 8.08. The van der Waals surface area contributed by atoms with E-state index in [1.54, 1.807) is 23.8 Å². The zero-order valence-electron chi connectivity index (χ0n) is 12.7. The molecule has 1 aromatic carbocycles. The van der Waals surface area contributed by atoms with Crippen molar-refractivity contribution in [2.75, 3.05) is 19.4 Å². The van der Waals surface area contributed by atoms with Crippen LogP contribution in [0.25, 0.3) is 0 Å². The van der Waals surface area contributed by atoms with Gasteiger partial charge in [-0.2, -0.15) is 0 Å². The zero-order chi connectivity index (χ0) is 15.9. The highest BCUT2D eigenvalue weighted by Crippen LogP contribution is 2.24. The van der Waals surface area contributed by atoms with Gasteiger partial charge in [0.2, 0.25) is 5.91 Å². The summed E-state index contributed by atoms with van der Waals surface area (Å²) in [5.74, 6) is 0.734. The molecule has 6 heteroatoms. The summed E-state index contributed by atoms with van der Waals surface area (Å²) in [6.45, 7) is 0.685. The van der Waals surface area contributed by atoms with Crippen LogP contribution in [0.3, 0.4) is 0 Å². The lowest BCUT2D eigenvalue weighted by molar-refractivity contribution is -0.139. The SMILES string of the molecule is COc1ccc(SCCC(=O)N2CCCC2CC(=O)O)cc1. The van der Waals surface area contributed by atoms with E-state index in [2.05, 4.69) is 0 Å². The second-order valence-corrected chi connectivity index (χ2v) is 6.42. The number of hydrogen-bond donors (Lipinski definition) is 1. The number of ether oxygens (including phenoxy) is 1. The third-order valence-corrected chi connectivity index (χ3v) is 4.77. The van der Waals surface area contributed by atoms with Gasteiger partial charge in [-0.05, 0) is 37.1 Å². The zero-order valence-corrected chi connectivity index (χ0v) is 13.5. The third-order valence-electron chi connectivity index (χ3n) is 3.75. The molecule has 0 radical (unpaired) electrons. The third kappa shape index (κ3) is 4.66. The molecular weight excluding hydrogens is 302 g/mol. The summed E-state index contributed by atoms with van der Waals surface area (Å²) in [5, 5.41) is 8.89. The molecule has 1 amide bonds. The van der Waals surface area contributed by atoms with Crippen LogP contribution in [0.4, 0.5) is 0 Å². The summed E-state index contributed by atoms with van der Waals surface area (Å²) in [7, 11) is 1.63. The fourth-order valence-corrected chi connectivity index (χ4v) is 3.49. The molecule has 1 saturated heterocycles. The van der Waals surface area contributed by atoms with Gasteiger partial charge in [-0.3, -0.25) is 9.59 Å². The average Bonchev–Trinajstić information content (AvgIpc) is 2.95. The van der Waals surface area contributed by atoms with Crippen molar-refractivity contribution in [1.29, 1.82) is 0 Å². The predicted molar refractivity (Wildman–Crippen MR) is 85.3 cm³/mol. The van der Waals surface area contributed by atoms with E-state index >= 15 is 0 Å². The molecule has 0 spiro atoms. The molecule has 0 saturated carbocycles. The number of nitrogens with zero attached hydrogens (tertiary/aromatic N) is 1. The molecule has 1 heterocycles. The van der Waals surface area contributed by atoms with Crippen LogP contribution < -0.4 is 4.74 Å². The minimum atomic E-state index is -0.836. The molecule has 1 unspecified atom stereocenters. The van der Waals surface area contributed by atoms with E-state index < -0.39 is 5.97 Å². The van der Waals surface area contributed by atoms with E-state index in [4.69, 9.17) is 9.84 Å². The second-order valence-electron chi connectivity index (χ2n) is 5.26. The van der Waals surface area contributed by atoms with Crippen LogP contribution in [-0.4, -0.2) is 47.3 Å². The Bertz CT molecular complexity index is 517. The molecule has 22 heavy (non-hydrogen) atoms. The minimum absolute atomic E-state index is 0.0529. The lowest BCUT2D eigenvalue weighted by Gasteiger charge is -2.23. The highest BCUT2D eigenvalue weighted by atomic mass is 32.2. The molecule has 1 aliphatic rings. The lowest BCUT2D eigenvalue weighted by atomic mass is 10.1. The van der Waals surface area contributed by atoms with Crippen molar-refractivity contribution >= 4 is 23.6 Å². The Hall–Kier alpha value is -1.69. The molecule has 1 fully saturated rings. The van der Waals surface area contributed by atoms with Crippen molar-refractivity contribution in [2.45, 2.75) is 36.6 Å². The van der Waals surface area contributed by atoms with Gasteiger partial charge >= 0.3 is 5.97 Å². The number of amides is 1. The molecule has 1 atom stereocenters. The van der Waals surface area contributed by atoms with Gasteiger partial charge < -0.3 is 14.7 Å². The number of carboxylic acids is 1. The van der Waals surface area contributed by atoms with Crippen molar-refractivity contribution in [3.63, 3.8) is 0 Å². The van der Waals surface area contributed by atoms with Gasteiger partial charge in [-0.25, -0.2) is 0 Å². The van der Waals surface area contributed by atoms with Crippen LogP contribution in [-0.2, 0) is 9.59 Å². The van der Waals surface area contributed by atoms with Gasteiger partial charge in [-0.15, -0.1) is 11.8 Å². The maximum Gasteiger partial charge on any atom is 0.305 e. The number of methoxy groups -OCH3 is 1. The first-order valence-electron chi connectivity index (χ1n) is 7.38. The normalized spacial score (nSPS) is 17.5. The fourth-order valence-electron chi connectivity index (χ4n) is 2.65. The summed E-state index contributed by atoms with van der Waals surface area (Å²) >= 11 is 1.62. The molecule has 0 aromatic heterocycles. The van der Waals surface area contributed by atoms with E-state index in [9.17, 15) is 9.59 Å². The molecule has 0 aliphatic carbocycles. The highest BCUT2D eigenvalue weighted by molar-refractivity contribution is 7.99. The number of likely N-dealkylation sites (tertiary alicyclic amines) is 1. The van der Waals surface area contributed by atoms with Crippen molar-refractivity contribution < 1.29 is 19.4 Å². The Morgan fingerprint density at radius 3 is 2.73 bits per heavy atom. The first-order valence-corrected chi connectivity index (χ1v) is 8.37. The maximum absolute atomic E-state index is 12.2. The predicted octanol–water partition coefficient (Wildman–Crippen LogP) is 2.64. The Morgan fingerprint density at radius 2 is 2.09 bits per heavy atom. The van der Waals surface area contributed by atoms with Crippen LogP contribution in [0.5, 0.6) is 5.75 Å². The summed E-state index contributed by atoms with van der Waals surface area (Å²) in [6.07, 6.45) is 2.18. The number of rotatable bonds is 7. The number of carboxylic acid groups (broad SMARTS) is 1. The van der Waals surface area contributed by atoms with Crippen LogP contribution in [0.2, 0.25) is 0 Å². The summed E-state index contributed by atoms with van der Waals surface area (Å²) < 4.78 is 5.10. The van der Waals surface area contributed by atoms with Crippen LogP contribution >= 0.6 is 11.8 Å². The van der Waals surface area contributed by atoms with E-state index in [-0.39, 0.29) is 18.4 Å². The van der Waals surface area contributed by atoms with Gasteiger partial charge in [0, 0.05) is 29.7 Å². The first kappa shape index (κ1) is 16.7. The largest absolute Gasteiger partial charge is 0.497 e. The molecule has 5 nitrogen and oxygen atoms in total. The minimum Gasteiger partial charge on any atom is -0.497 e. The molecule has 1 aliphatic heterocycles. The van der Waals surface area contributed by atoms with Crippen molar-refractivity contribution in [2.24, 2.45) is 0 Å². The summed E-state index contributed by atoms with van der Waals surface area (Å²) in [4.78, 5) is 25.9. The number of thioether (sulfide) groups is 1. The number of carbonyl (C=O) groups is 2. The molecule has 0 bridgehead atoms. The number of benzene rings is 1. The molecule has 120 valence electrons. The fraction of sp³-hybridized carbons (Fsp3) is 0.500. The van der Waals surface area contributed by atoms with Gasteiger partial charge in [0.15, 0.2) is 0 Å². The van der Waals surface area contributed by atoms with E-state index in [1.807, 2.05) is 24.3 Å². The Balaban J connectivity index is 1.78. The molecule has 1 aromatic rings. The van der Waals surface area contributed by atoms with Crippen LogP contribution in [0, 0.1) is 0 Å². The molecule has 1 N–H and O–H groups in total. The van der Waals surface area contributed by atoms with Gasteiger partial charge in [0.05, 0.1) is 13.5 Å². The van der Waals surface area contributed by atoms with Crippen molar-refractivity contribution in [1.82, 2.24) is 4.90 Å². The maximum atomic E-state index is 12.2. The number of aliphatic carboxylic acids is 1. The highest BCUT2D eigenvalue weighted by Gasteiger charge is 2.29. The smallest absolute Gasteiger partial charge is 0.305 e. The van der Waals surface area contributed by atoms with Crippen molar-refractivity contribution in [3.05, 3.63) is 24.3 Å². The Kier molecular flexibility index (Phi) is 6.12. The van der Waals surface area contributed by atoms with Gasteiger partial charge in [0.1, 0.15) is 5.75 Å². The number of carbonyl (C=O) groups excluding carboxylic acids is 1. The van der Waals surface area contributed by atoms with Crippen molar-refractivity contribution in [3.8, 4) is 5.75 Å². The number of hydrogen-bond acceptors (Lipinski definition) is 4. The molecule has 2 rings (SSSR count). The van der Waals surface area contributed by atoms with Crippen LogP contribution in [0.15, 0.2) is 29.2 Å². The molecular formula is C16H21NO4S. The summed E-state index contributed by atoms with van der Waals surface area (Å²) in [6, 6.07) is 7.60. The average molecular weight is 323 g/mol. The van der Waals surface area contributed by atoms with Crippen LogP contribution in [0.1, 0.15) is 25.7 Å². The first-order chi connectivity index (χ1) is 10.6. The Labute approximate surface area is 134 Å². The summed E-state index contributed by atoms with van der Waals surface area (Å²) in [5.41, 5.74) is 0. The van der Waals surface area contributed by atoms with Gasteiger partial charge in [-0.1, -0.05) is 0 Å². The van der Waals surface area contributed by atoms with E-state index in [0.717, 1.165) is 23.5 Å². The lowest BCUT2D eigenvalue weighted by Crippen LogP contribution is -2.36. The standard InChI is InChI=1S/C16H21NO4S/c1-21-13-4-6-14(7-5-13)22-10-8-15(18)17-9-2-3-12(17)11-16(19)20/h4-7,12H,2-3,8-11H2,1H3,(H,19,20). The Morgan fingerprint density at radius 1 is 1.36 bits per heavy atom. The quantitative estimate of drug-likeness (QED) is 0.781. The van der Waals surface area contributed by atoms with E-state index in [1.165, 1.54) is 0 Å². The monoisotopic (exact) mass is 323 g/mol. The topological polar surface area (TPSA) is 66.8 Å². The van der Waals surface area contributed by atoms with Gasteiger partial charge in [0.25, 0.3) is 0 Å². The van der Waals surface area contributed by atoms with E-state index in [0.29, 0.717) is 18.7 Å².